The highest BCUT2D eigenvalue weighted by Crippen LogP contribution is 2.36. The molecule has 1 aromatic carbocycles. The summed E-state index contributed by atoms with van der Waals surface area (Å²) >= 11 is 0. The van der Waals surface area contributed by atoms with Gasteiger partial charge in [0.25, 0.3) is 0 Å². The second kappa shape index (κ2) is 6.22. The van der Waals surface area contributed by atoms with Crippen molar-refractivity contribution < 1.29 is 14.3 Å². The van der Waals surface area contributed by atoms with Gasteiger partial charge in [0.2, 0.25) is 11.8 Å². The molecule has 2 amide bonds. The quantitative estimate of drug-likeness (QED) is 0.927. The summed E-state index contributed by atoms with van der Waals surface area (Å²) in [5.41, 5.74) is 3.34. The van der Waals surface area contributed by atoms with Gasteiger partial charge in [-0.15, -0.1) is 0 Å². The molecule has 2 heterocycles. The highest BCUT2D eigenvalue weighted by Gasteiger charge is 2.34. The molecule has 1 N–H and O–H groups in total. The van der Waals surface area contributed by atoms with Gasteiger partial charge in [-0.3, -0.25) is 9.59 Å². The van der Waals surface area contributed by atoms with Crippen LogP contribution in [-0.2, 0) is 9.59 Å². The van der Waals surface area contributed by atoms with E-state index in [1.807, 2.05) is 19.9 Å². The molecule has 2 atom stereocenters. The second-order valence-electron chi connectivity index (χ2n) is 6.41. The van der Waals surface area contributed by atoms with E-state index in [-0.39, 0.29) is 23.9 Å². The molecule has 2 unspecified atom stereocenters. The average molecular weight is 316 g/mol. The van der Waals surface area contributed by atoms with Crippen LogP contribution in [0.4, 0.5) is 0 Å². The molecule has 0 saturated carbocycles. The molecule has 0 bridgehead atoms. The Kier molecular flexibility index (Phi) is 4.28. The summed E-state index contributed by atoms with van der Waals surface area (Å²) in [5.74, 6) is 0.893. The molecule has 1 saturated heterocycles. The van der Waals surface area contributed by atoms with Crippen molar-refractivity contribution in [1.82, 2.24) is 10.2 Å². The largest absolute Gasteiger partial charge is 0.490 e. The van der Waals surface area contributed by atoms with E-state index in [9.17, 15) is 9.59 Å². The molecule has 0 radical (unpaired) electrons. The molecular weight excluding hydrogens is 292 g/mol. The van der Waals surface area contributed by atoms with Crippen LogP contribution in [0.15, 0.2) is 12.1 Å². The van der Waals surface area contributed by atoms with Crippen molar-refractivity contribution in [1.29, 1.82) is 0 Å². The number of hydrogen-bond donors (Lipinski definition) is 1. The van der Waals surface area contributed by atoms with Crippen molar-refractivity contribution >= 4 is 11.8 Å². The normalized spacial score (nSPS) is 21.1. The van der Waals surface area contributed by atoms with Gasteiger partial charge in [-0.25, -0.2) is 0 Å². The summed E-state index contributed by atoms with van der Waals surface area (Å²) in [6.45, 7) is 7.17. The van der Waals surface area contributed by atoms with Crippen LogP contribution < -0.4 is 10.1 Å². The monoisotopic (exact) mass is 316 g/mol. The number of nitrogens with one attached hydrogen (secondary N) is 1. The number of nitrogens with zero attached hydrogens (tertiary/aromatic N) is 1. The molecular formula is C18H24N2O3. The Labute approximate surface area is 137 Å². The summed E-state index contributed by atoms with van der Waals surface area (Å²) in [6.07, 6.45) is 2.03. The van der Waals surface area contributed by atoms with Gasteiger partial charge in [0.15, 0.2) is 0 Å². The Morgan fingerprint density at radius 1 is 1.43 bits per heavy atom. The summed E-state index contributed by atoms with van der Waals surface area (Å²) in [7, 11) is 0. The first kappa shape index (κ1) is 15.8. The standard InChI is InChI=1S/C18H24N2O3/c1-4-15(20-9-5-6-16(20)21)18(22)19-14-10-23-17-12(3)11(2)7-8-13(14)17/h7-8,14-15H,4-6,9-10H2,1-3H3,(H,19,22). The maximum absolute atomic E-state index is 12.7. The van der Waals surface area contributed by atoms with Gasteiger partial charge < -0.3 is 15.0 Å². The predicted octanol–water partition coefficient (Wildman–Crippen LogP) is 2.25. The highest BCUT2D eigenvalue weighted by atomic mass is 16.5. The number of benzene rings is 1. The number of ether oxygens (including phenoxy) is 1. The Hall–Kier alpha value is -2.04. The third-order valence-electron chi connectivity index (χ3n) is 4.97. The zero-order valence-corrected chi connectivity index (χ0v) is 14.0. The van der Waals surface area contributed by atoms with Crippen LogP contribution in [0.1, 0.15) is 48.9 Å². The molecule has 0 aliphatic carbocycles. The summed E-state index contributed by atoms with van der Waals surface area (Å²) < 4.78 is 5.79. The van der Waals surface area contributed by atoms with E-state index in [1.54, 1.807) is 4.90 Å². The fourth-order valence-corrected chi connectivity index (χ4v) is 3.47. The Balaban J connectivity index is 1.74. The van der Waals surface area contributed by atoms with Gasteiger partial charge in [0, 0.05) is 18.5 Å². The van der Waals surface area contributed by atoms with E-state index in [1.165, 1.54) is 5.56 Å². The first-order valence-electron chi connectivity index (χ1n) is 8.35. The second-order valence-corrected chi connectivity index (χ2v) is 6.41. The van der Waals surface area contributed by atoms with Crippen molar-refractivity contribution in [3.8, 4) is 5.75 Å². The van der Waals surface area contributed by atoms with Crippen LogP contribution in [0.3, 0.4) is 0 Å². The molecule has 124 valence electrons. The highest BCUT2D eigenvalue weighted by molar-refractivity contribution is 5.88. The van der Waals surface area contributed by atoms with Crippen molar-refractivity contribution in [3.63, 3.8) is 0 Å². The van der Waals surface area contributed by atoms with Crippen LogP contribution in [0.2, 0.25) is 0 Å². The molecule has 2 aliphatic heterocycles. The third kappa shape index (κ3) is 2.80. The summed E-state index contributed by atoms with van der Waals surface area (Å²) in [4.78, 5) is 26.3. The smallest absolute Gasteiger partial charge is 0.243 e. The molecule has 3 rings (SSSR count). The Morgan fingerprint density at radius 3 is 2.87 bits per heavy atom. The van der Waals surface area contributed by atoms with Gasteiger partial charge in [-0.2, -0.15) is 0 Å². The minimum absolute atomic E-state index is 0.0811. The van der Waals surface area contributed by atoms with Crippen LogP contribution in [-0.4, -0.2) is 35.9 Å². The number of hydrogen-bond acceptors (Lipinski definition) is 3. The van der Waals surface area contributed by atoms with Gasteiger partial charge in [-0.1, -0.05) is 19.1 Å². The maximum atomic E-state index is 12.7. The Bertz CT molecular complexity index is 641. The average Bonchev–Trinajstić information content (AvgIpc) is 3.12. The number of aryl methyl sites for hydroxylation is 1. The zero-order valence-electron chi connectivity index (χ0n) is 14.0. The van der Waals surface area contributed by atoms with E-state index in [4.69, 9.17) is 4.74 Å². The van der Waals surface area contributed by atoms with Crippen molar-refractivity contribution in [3.05, 3.63) is 28.8 Å². The van der Waals surface area contributed by atoms with Gasteiger partial charge in [-0.05, 0) is 37.8 Å². The molecule has 5 nitrogen and oxygen atoms in total. The SMILES string of the molecule is CCC(C(=O)NC1COc2c1ccc(C)c2C)N1CCCC1=O. The topological polar surface area (TPSA) is 58.6 Å². The van der Waals surface area contributed by atoms with Crippen molar-refractivity contribution in [2.75, 3.05) is 13.2 Å². The lowest BCUT2D eigenvalue weighted by Gasteiger charge is -2.27. The lowest BCUT2D eigenvalue weighted by atomic mass is 10.0. The summed E-state index contributed by atoms with van der Waals surface area (Å²) in [5, 5.41) is 3.07. The van der Waals surface area contributed by atoms with E-state index >= 15 is 0 Å². The van der Waals surface area contributed by atoms with Crippen LogP contribution in [0.5, 0.6) is 5.75 Å². The molecule has 23 heavy (non-hydrogen) atoms. The number of carbonyl (C=O) groups excluding carboxylic acids is 2. The van der Waals surface area contributed by atoms with E-state index in [0.29, 0.717) is 26.0 Å². The van der Waals surface area contributed by atoms with Gasteiger partial charge in [0.1, 0.15) is 18.4 Å². The first-order valence-corrected chi connectivity index (χ1v) is 8.35. The number of likely N-dealkylation sites (tertiary alicyclic amines) is 1. The fraction of sp³-hybridized carbons (Fsp3) is 0.556. The molecule has 1 fully saturated rings. The zero-order chi connectivity index (χ0) is 16.6. The van der Waals surface area contributed by atoms with Crippen molar-refractivity contribution in [2.24, 2.45) is 0 Å². The lowest BCUT2D eigenvalue weighted by Crippen LogP contribution is -2.48. The number of amides is 2. The molecule has 0 aromatic heterocycles. The third-order valence-corrected chi connectivity index (χ3v) is 4.97. The van der Waals surface area contributed by atoms with Crippen LogP contribution in [0, 0.1) is 13.8 Å². The van der Waals surface area contributed by atoms with E-state index in [0.717, 1.165) is 23.3 Å². The van der Waals surface area contributed by atoms with Gasteiger partial charge in [0.05, 0.1) is 6.04 Å². The molecule has 2 aliphatic rings. The van der Waals surface area contributed by atoms with E-state index in [2.05, 4.69) is 18.3 Å². The number of rotatable bonds is 4. The lowest BCUT2D eigenvalue weighted by molar-refractivity contribution is -0.138. The maximum Gasteiger partial charge on any atom is 0.243 e. The predicted molar refractivity (Wildman–Crippen MR) is 87.3 cm³/mol. The molecule has 1 aromatic rings. The fourth-order valence-electron chi connectivity index (χ4n) is 3.47. The van der Waals surface area contributed by atoms with Crippen LogP contribution in [0.25, 0.3) is 0 Å². The van der Waals surface area contributed by atoms with Crippen LogP contribution >= 0.6 is 0 Å². The number of fused-ring (bicyclic) bond motifs is 1. The first-order chi connectivity index (χ1) is 11.0. The number of carbonyl (C=O) groups is 2. The molecule has 0 spiro atoms. The Morgan fingerprint density at radius 2 is 2.22 bits per heavy atom. The minimum Gasteiger partial charge on any atom is -0.490 e. The van der Waals surface area contributed by atoms with E-state index < -0.39 is 0 Å². The molecule has 5 heteroatoms. The minimum atomic E-state index is -0.374. The van der Waals surface area contributed by atoms with Crippen molar-refractivity contribution in [2.45, 2.75) is 52.1 Å². The summed E-state index contributed by atoms with van der Waals surface area (Å²) in [6, 6.07) is 3.57. The van der Waals surface area contributed by atoms with Gasteiger partial charge >= 0.3 is 0 Å².